The predicted octanol–water partition coefficient (Wildman–Crippen LogP) is 3.88. The number of nitrogens with one attached hydrogen (secondary N) is 2. The molecule has 0 spiro atoms. The molecule has 1 saturated carbocycles. The minimum absolute atomic E-state index is 0.0104. The summed E-state index contributed by atoms with van der Waals surface area (Å²) in [4.78, 5) is 48.6. The molecule has 0 aliphatic heterocycles. The van der Waals surface area contributed by atoms with Gasteiger partial charge in [0.2, 0.25) is 5.91 Å². The molecule has 0 bridgehead atoms. The highest BCUT2D eigenvalue weighted by atomic mass is 16.6. The Hall–Kier alpha value is -3.95. The number of benzene rings is 1. The first-order valence-electron chi connectivity index (χ1n) is 11.9. The van der Waals surface area contributed by atoms with Gasteiger partial charge in [-0.1, -0.05) is 6.07 Å². The van der Waals surface area contributed by atoms with Crippen molar-refractivity contribution in [2.75, 3.05) is 24.2 Å². The summed E-state index contributed by atoms with van der Waals surface area (Å²) in [6.45, 7) is 7.51. The van der Waals surface area contributed by atoms with Gasteiger partial charge in [-0.3, -0.25) is 15.1 Å². The molecule has 0 radical (unpaired) electrons. The number of carbonyl (C=O) groups is 2. The van der Waals surface area contributed by atoms with Gasteiger partial charge >= 0.3 is 11.7 Å². The van der Waals surface area contributed by atoms with Crippen LogP contribution in [0.4, 0.5) is 16.5 Å². The van der Waals surface area contributed by atoms with E-state index in [4.69, 9.17) is 9.15 Å². The van der Waals surface area contributed by atoms with E-state index >= 15 is 0 Å². The van der Waals surface area contributed by atoms with Gasteiger partial charge in [0.15, 0.2) is 0 Å². The highest BCUT2D eigenvalue weighted by Crippen LogP contribution is 2.40. The summed E-state index contributed by atoms with van der Waals surface area (Å²) in [7, 11) is 1.75. The number of fused-ring (bicyclic) bond motifs is 1. The van der Waals surface area contributed by atoms with Crippen molar-refractivity contribution in [3.8, 4) is 0 Å². The van der Waals surface area contributed by atoms with Gasteiger partial charge in [0.25, 0.3) is 6.01 Å². The minimum Gasteiger partial charge on any atom is -0.444 e. The Balaban J connectivity index is 1.49. The van der Waals surface area contributed by atoms with Crippen LogP contribution in [0.1, 0.15) is 44.9 Å². The molecule has 10 heteroatoms. The van der Waals surface area contributed by atoms with Crippen LogP contribution in [0.15, 0.2) is 45.7 Å². The third-order valence-corrected chi connectivity index (χ3v) is 5.98. The van der Waals surface area contributed by atoms with Crippen LogP contribution in [0.2, 0.25) is 0 Å². The Morgan fingerprint density at radius 3 is 2.58 bits per heavy atom. The molecule has 2 N–H and O–H groups in total. The lowest BCUT2D eigenvalue weighted by molar-refractivity contribution is -0.131. The molecule has 1 aliphatic rings. The first-order valence-corrected chi connectivity index (χ1v) is 11.9. The van der Waals surface area contributed by atoms with E-state index in [2.05, 4.69) is 20.6 Å². The Morgan fingerprint density at radius 1 is 1.19 bits per heavy atom. The Bertz CT molecular complexity index is 1340. The molecule has 190 valence electrons. The number of carbonyl (C=O) groups excluding carboxylic acids is 2. The summed E-state index contributed by atoms with van der Waals surface area (Å²) in [5, 5.41) is 5.97. The number of nitrogens with zero attached hydrogens (tertiary/aromatic N) is 3. The monoisotopic (exact) mass is 493 g/mol. The van der Waals surface area contributed by atoms with Gasteiger partial charge < -0.3 is 19.4 Å². The van der Waals surface area contributed by atoms with Crippen molar-refractivity contribution in [2.45, 2.75) is 58.1 Å². The number of hydrogen-bond acceptors (Lipinski definition) is 8. The van der Waals surface area contributed by atoms with Crippen LogP contribution in [-0.2, 0) is 16.0 Å². The van der Waals surface area contributed by atoms with Crippen molar-refractivity contribution in [1.29, 1.82) is 0 Å². The van der Waals surface area contributed by atoms with Crippen LogP contribution < -0.4 is 16.3 Å². The lowest BCUT2D eigenvalue weighted by atomic mass is 10.1. The van der Waals surface area contributed by atoms with Gasteiger partial charge in [-0.05, 0) is 70.4 Å². The highest BCUT2D eigenvalue weighted by molar-refractivity contribution is 5.94. The van der Waals surface area contributed by atoms with E-state index in [1.54, 1.807) is 58.0 Å². The largest absolute Gasteiger partial charge is 0.444 e. The van der Waals surface area contributed by atoms with Gasteiger partial charge in [-0.2, -0.15) is 4.98 Å². The van der Waals surface area contributed by atoms with Crippen LogP contribution in [0, 0.1) is 6.92 Å². The van der Waals surface area contributed by atoms with Crippen molar-refractivity contribution in [1.82, 2.24) is 14.9 Å². The minimum atomic E-state index is -0.845. The second kappa shape index (κ2) is 9.60. The summed E-state index contributed by atoms with van der Waals surface area (Å²) in [6, 6.07) is 8.96. The van der Waals surface area contributed by atoms with Crippen molar-refractivity contribution in [3.05, 3.63) is 58.2 Å². The zero-order valence-electron chi connectivity index (χ0n) is 21.2. The maximum atomic E-state index is 13.1. The van der Waals surface area contributed by atoms with Crippen LogP contribution in [0.3, 0.4) is 0 Å². The van der Waals surface area contributed by atoms with Crippen LogP contribution >= 0.6 is 0 Å². The topological polar surface area (TPSA) is 127 Å². The predicted molar refractivity (Wildman–Crippen MR) is 136 cm³/mol. The number of likely N-dealkylation sites (N-methyl/N-ethyl adjacent to an activating group) is 1. The van der Waals surface area contributed by atoms with Gasteiger partial charge in [-0.15, -0.1) is 0 Å². The number of aryl methyl sites for hydroxylation is 1. The number of aromatic nitrogens is 2. The maximum absolute atomic E-state index is 13.1. The van der Waals surface area contributed by atoms with E-state index in [1.807, 2.05) is 18.2 Å². The molecule has 0 saturated heterocycles. The Kier molecular flexibility index (Phi) is 6.71. The quantitative estimate of drug-likeness (QED) is 0.508. The molecular formula is C26H31N5O5. The van der Waals surface area contributed by atoms with Gasteiger partial charge in [0.05, 0.1) is 10.9 Å². The summed E-state index contributed by atoms with van der Waals surface area (Å²) in [5.41, 5.74) is 0.134. The molecule has 2 amide bonds. The van der Waals surface area contributed by atoms with E-state index in [0.29, 0.717) is 42.6 Å². The fraction of sp³-hybridized carbons (Fsp3) is 0.423. The molecule has 2 heterocycles. The first kappa shape index (κ1) is 25.2. The van der Waals surface area contributed by atoms with Crippen LogP contribution in [-0.4, -0.2) is 51.6 Å². The zero-order chi connectivity index (χ0) is 26.1. The van der Waals surface area contributed by atoms with E-state index in [1.165, 1.54) is 0 Å². The maximum Gasteiger partial charge on any atom is 0.412 e. The summed E-state index contributed by atoms with van der Waals surface area (Å²) >= 11 is 0. The molecular weight excluding hydrogens is 462 g/mol. The van der Waals surface area contributed by atoms with Gasteiger partial charge in [-0.25, -0.2) is 9.59 Å². The second-order valence-corrected chi connectivity index (χ2v) is 10.1. The normalized spacial score (nSPS) is 14.2. The van der Waals surface area contributed by atoms with Crippen LogP contribution in [0.5, 0.6) is 0 Å². The van der Waals surface area contributed by atoms with Crippen molar-refractivity contribution in [2.24, 2.45) is 0 Å². The number of ether oxygens (including phenoxy) is 1. The number of rotatable bonds is 7. The standard InChI is InChI=1S/C26H31N5O5/c1-16-18(29-24(34)36-25(2,3)4)9-10-19-20(16)21(32)35-23(28-19)30-26(12-13-26)22(33)31(5)15-11-17-8-6-7-14-27-17/h6-10,14H,11-13,15H2,1-5H3,(H,28,30)(H,29,34). The summed E-state index contributed by atoms with van der Waals surface area (Å²) in [6.07, 6.45) is 2.97. The lowest BCUT2D eigenvalue weighted by Crippen LogP contribution is -2.44. The fourth-order valence-electron chi connectivity index (χ4n) is 3.94. The van der Waals surface area contributed by atoms with E-state index < -0.39 is 22.9 Å². The smallest absolute Gasteiger partial charge is 0.412 e. The number of hydrogen-bond donors (Lipinski definition) is 2. The second-order valence-electron chi connectivity index (χ2n) is 10.1. The third-order valence-electron chi connectivity index (χ3n) is 5.98. The average molecular weight is 494 g/mol. The van der Waals surface area contributed by atoms with Crippen LogP contribution in [0.25, 0.3) is 10.9 Å². The van der Waals surface area contributed by atoms with Gasteiger partial charge in [0, 0.05) is 37.6 Å². The summed E-state index contributed by atoms with van der Waals surface area (Å²) in [5.74, 6) is -0.0870. The Morgan fingerprint density at radius 2 is 1.94 bits per heavy atom. The fourth-order valence-corrected chi connectivity index (χ4v) is 3.94. The summed E-state index contributed by atoms with van der Waals surface area (Å²) < 4.78 is 10.7. The first-order chi connectivity index (χ1) is 17.0. The zero-order valence-corrected chi connectivity index (χ0v) is 21.2. The lowest BCUT2D eigenvalue weighted by Gasteiger charge is -2.24. The SMILES string of the molecule is Cc1c(NC(=O)OC(C)(C)C)ccc2nc(NC3(C(=O)N(C)CCc4ccccn4)CC3)oc(=O)c12. The number of anilines is 2. The molecule has 0 unspecified atom stereocenters. The molecule has 2 aromatic heterocycles. The molecule has 4 rings (SSSR count). The molecule has 0 atom stereocenters. The van der Waals surface area contributed by atoms with E-state index in [9.17, 15) is 14.4 Å². The third kappa shape index (κ3) is 5.64. The molecule has 1 aromatic carbocycles. The molecule has 10 nitrogen and oxygen atoms in total. The highest BCUT2D eigenvalue weighted by Gasteiger charge is 2.52. The van der Waals surface area contributed by atoms with E-state index in [0.717, 1.165) is 5.69 Å². The van der Waals surface area contributed by atoms with Crippen molar-refractivity contribution >= 4 is 34.6 Å². The average Bonchev–Trinajstić information content (AvgIpc) is 3.58. The van der Waals surface area contributed by atoms with Crippen molar-refractivity contribution in [3.63, 3.8) is 0 Å². The van der Waals surface area contributed by atoms with Crippen molar-refractivity contribution < 1.29 is 18.7 Å². The van der Waals surface area contributed by atoms with E-state index in [-0.39, 0.29) is 17.3 Å². The molecule has 3 aromatic rings. The van der Waals surface area contributed by atoms with Gasteiger partial charge in [0.1, 0.15) is 11.1 Å². The Labute approximate surface area is 209 Å². The molecule has 1 fully saturated rings. The number of pyridine rings is 1. The molecule has 36 heavy (non-hydrogen) atoms. The number of amides is 2. The molecule has 1 aliphatic carbocycles.